The fourth-order valence-corrected chi connectivity index (χ4v) is 3.03. The van der Waals surface area contributed by atoms with E-state index in [9.17, 15) is 4.79 Å². The van der Waals surface area contributed by atoms with E-state index in [1.165, 1.54) is 0 Å². The largest absolute Gasteiger partial charge is 0.355 e. The second kappa shape index (κ2) is 5.76. The Hall–Kier alpha value is -2.67. The molecule has 0 atom stereocenters. The molecule has 0 aliphatic carbocycles. The van der Waals surface area contributed by atoms with E-state index in [4.69, 9.17) is 16.1 Å². The Morgan fingerprint density at radius 2 is 2.08 bits per heavy atom. The molecule has 8 heteroatoms. The molecular formula is C16H14ClN5O2. The molecule has 0 bridgehead atoms. The zero-order valence-electron chi connectivity index (χ0n) is 12.9. The topological polar surface area (TPSA) is 77.0 Å². The number of fused-ring (bicyclic) bond motifs is 1. The molecule has 1 aromatic carbocycles. The highest BCUT2D eigenvalue weighted by Gasteiger charge is 2.26. The van der Waals surface area contributed by atoms with Crippen molar-refractivity contribution in [3.8, 4) is 11.3 Å². The van der Waals surface area contributed by atoms with E-state index in [0.717, 1.165) is 11.6 Å². The Morgan fingerprint density at radius 3 is 2.92 bits per heavy atom. The summed E-state index contributed by atoms with van der Waals surface area (Å²) in [6, 6.07) is 8.89. The van der Waals surface area contributed by atoms with Gasteiger partial charge in [0.05, 0.1) is 11.6 Å². The maximum absolute atomic E-state index is 12.7. The van der Waals surface area contributed by atoms with Crippen molar-refractivity contribution in [2.45, 2.75) is 20.0 Å². The summed E-state index contributed by atoms with van der Waals surface area (Å²) in [6.07, 6.45) is 0. The lowest BCUT2D eigenvalue weighted by Gasteiger charge is -2.26. The highest BCUT2D eigenvalue weighted by Crippen LogP contribution is 2.28. The minimum Gasteiger partial charge on any atom is -0.355 e. The molecule has 0 saturated carbocycles. The summed E-state index contributed by atoms with van der Waals surface area (Å²) in [5.74, 6) is 1.92. The number of rotatable bonds is 2. The summed E-state index contributed by atoms with van der Waals surface area (Å²) >= 11 is 6.15. The van der Waals surface area contributed by atoms with Gasteiger partial charge in [0.2, 0.25) is 0 Å². The quantitative estimate of drug-likeness (QED) is 0.714. The van der Waals surface area contributed by atoms with Gasteiger partial charge in [-0.15, -0.1) is 10.2 Å². The molecule has 24 heavy (non-hydrogen) atoms. The van der Waals surface area contributed by atoms with E-state index < -0.39 is 0 Å². The molecule has 3 aromatic rings. The molecule has 0 unspecified atom stereocenters. The number of carbonyl (C=O) groups is 1. The fraction of sp³-hybridized carbons (Fsp3) is 0.250. The number of benzene rings is 1. The van der Waals surface area contributed by atoms with Crippen molar-refractivity contribution < 1.29 is 9.32 Å². The van der Waals surface area contributed by atoms with Crippen molar-refractivity contribution in [3.63, 3.8) is 0 Å². The Morgan fingerprint density at radius 1 is 1.25 bits per heavy atom. The van der Waals surface area contributed by atoms with Crippen LogP contribution in [0.25, 0.3) is 11.3 Å². The summed E-state index contributed by atoms with van der Waals surface area (Å²) in [6.45, 7) is 3.57. The number of hydrogen-bond acceptors (Lipinski definition) is 5. The van der Waals surface area contributed by atoms with Gasteiger partial charge in [0.25, 0.3) is 5.91 Å². The van der Waals surface area contributed by atoms with Crippen LogP contribution in [0, 0.1) is 6.92 Å². The maximum atomic E-state index is 12.7. The van der Waals surface area contributed by atoms with E-state index in [1.54, 1.807) is 17.0 Å². The Kier molecular flexibility index (Phi) is 3.57. The van der Waals surface area contributed by atoms with Crippen LogP contribution in [0.1, 0.15) is 22.1 Å². The third-order valence-corrected chi connectivity index (χ3v) is 4.42. The normalized spacial score (nSPS) is 13.8. The Balaban J connectivity index is 1.57. The van der Waals surface area contributed by atoms with Gasteiger partial charge >= 0.3 is 0 Å². The summed E-state index contributed by atoms with van der Waals surface area (Å²) < 4.78 is 7.32. The summed E-state index contributed by atoms with van der Waals surface area (Å²) in [7, 11) is 0. The first-order chi connectivity index (χ1) is 11.6. The second-order valence-corrected chi connectivity index (χ2v) is 6.01. The summed E-state index contributed by atoms with van der Waals surface area (Å²) in [5, 5.41) is 12.6. The third-order valence-electron chi connectivity index (χ3n) is 4.09. The summed E-state index contributed by atoms with van der Waals surface area (Å²) in [5.41, 5.74) is 0.967. The van der Waals surface area contributed by atoms with Gasteiger partial charge in [0.1, 0.15) is 5.82 Å². The van der Waals surface area contributed by atoms with E-state index in [2.05, 4.69) is 15.4 Å². The number of aryl methyl sites for hydroxylation is 1. The first-order valence-electron chi connectivity index (χ1n) is 7.53. The van der Waals surface area contributed by atoms with Gasteiger partial charge in [-0.3, -0.25) is 4.79 Å². The van der Waals surface area contributed by atoms with Crippen molar-refractivity contribution in [2.75, 3.05) is 6.54 Å². The van der Waals surface area contributed by atoms with Crippen molar-refractivity contribution in [2.24, 2.45) is 0 Å². The van der Waals surface area contributed by atoms with Crippen molar-refractivity contribution in [1.82, 2.24) is 24.8 Å². The van der Waals surface area contributed by atoms with Gasteiger partial charge in [0, 0.05) is 24.7 Å². The smallest absolute Gasteiger partial charge is 0.276 e. The minimum atomic E-state index is -0.191. The fourth-order valence-electron chi connectivity index (χ4n) is 2.80. The SMILES string of the molecule is Cc1nnc2n1CCN(C(=O)c1cc(-c3ccccc3Cl)on1)C2. The third kappa shape index (κ3) is 2.46. The van der Waals surface area contributed by atoms with Gasteiger partial charge < -0.3 is 14.0 Å². The highest BCUT2D eigenvalue weighted by atomic mass is 35.5. The van der Waals surface area contributed by atoms with Crippen LogP contribution in [0.3, 0.4) is 0 Å². The summed E-state index contributed by atoms with van der Waals surface area (Å²) in [4.78, 5) is 14.4. The number of amides is 1. The number of carbonyl (C=O) groups excluding carboxylic acids is 1. The molecule has 3 heterocycles. The van der Waals surface area contributed by atoms with Gasteiger partial charge in [-0.1, -0.05) is 28.9 Å². The molecule has 7 nitrogen and oxygen atoms in total. The lowest BCUT2D eigenvalue weighted by atomic mass is 10.1. The van der Waals surface area contributed by atoms with E-state index in [1.807, 2.05) is 29.7 Å². The maximum Gasteiger partial charge on any atom is 0.276 e. The molecule has 4 rings (SSSR count). The first kappa shape index (κ1) is 14.9. The molecule has 1 aliphatic rings. The van der Waals surface area contributed by atoms with Gasteiger partial charge in [-0.05, 0) is 19.1 Å². The van der Waals surface area contributed by atoms with Crippen LogP contribution in [0.2, 0.25) is 5.02 Å². The Bertz CT molecular complexity index is 917. The van der Waals surface area contributed by atoms with Crippen LogP contribution < -0.4 is 0 Å². The predicted molar refractivity (Wildman–Crippen MR) is 86.4 cm³/mol. The molecule has 2 aromatic heterocycles. The molecule has 0 spiro atoms. The predicted octanol–water partition coefficient (Wildman–Crippen LogP) is 2.55. The van der Waals surface area contributed by atoms with Gasteiger partial charge in [-0.2, -0.15) is 0 Å². The average molecular weight is 344 g/mol. The number of aromatic nitrogens is 4. The van der Waals surface area contributed by atoms with Crippen LogP contribution in [0.15, 0.2) is 34.9 Å². The minimum absolute atomic E-state index is 0.191. The zero-order valence-corrected chi connectivity index (χ0v) is 13.7. The van der Waals surface area contributed by atoms with Crippen LogP contribution in [0.5, 0.6) is 0 Å². The molecule has 0 fully saturated rings. The molecule has 0 radical (unpaired) electrons. The lowest BCUT2D eigenvalue weighted by molar-refractivity contribution is 0.0696. The molecule has 1 aliphatic heterocycles. The van der Waals surface area contributed by atoms with Crippen molar-refractivity contribution >= 4 is 17.5 Å². The monoisotopic (exact) mass is 343 g/mol. The van der Waals surface area contributed by atoms with Crippen molar-refractivity contribution in [1.29, 1.82) is 0 Å². The second-order valence-electron chi connectivity index (χ2n) is 5.60. The molecule has 1 amide bonds. The van der Waals surface area contributed by atoms with Crippen LogP contribution >= 0.6 is 11.6 Å². The van der Waals surface area contributed by atoms with E-state index in [-0.39, 0.29) is 11.6 Å². The number of nitrogens with zero attached hydrogens (tertiary/aromatic N) is 5. The highest BCUT2D eigenvalue weighted by molar-refractivity contribution is 6.33. The average Bonchev–Trinajstić information content (AvgIpc) is 3.22. The van der Waals surface area contributed by atoms with Crippen LogP contribution in [0.4, 0.5) is 0 Å². The van der Waals surface area contributed by atoms with E-state index >= 15 is 0 Å². The van der Waals surface area contributed by atoms with Crippen LogP contribution in [-0.2, 0) is 13.1 Å². The standard InChI is InChI=1S/C16H14ClN5O2/c1-10-18-19-15-9-21(6-7-22(10)15)16(23)13-8-14(24-20-13)11-4-2-3-5-12(11)17/h2-5,8H,6-7,9H2,1H3. The first-order valence-corrected chi connectivity index (χ1v) is 7.91. The number of hydrogen-bond donors (Lipinski definition) is 0. The van der Waals surface area contributed by atoms with Gasteiger partial charge in [0.15, 0.2) is 17.3 Å². The lowest BCUT2D eigenvalue weighted by Crippen LogP contribution is -2.38. The molecular weight excluding hydrogens is 330 g/mol. The van der Waals surface area contributed by atoms with E-state index in [0.29, 0.717) is 36.0 Å². The zero-order chi connectivity index (χ0) is 16.7. The van der Waals surface area contributed by atoms with Gasteiger partial charge in [-0.25, -0.2) is 0 Å². The van der Waals surface area contributed by atoms with Crippen LogP contribution in [-0.4, -0.2) is 37.3 Å². The molecule has 0 N–H and O–H groups in total. The number of halogens is 1. The molecule has 0 saturated heterocycles. The Labute approximate surface area is 142 Å². The van der Waals surface area contributed by atoms with Crippen molar-refractivity contribution in [3.05, 3.63) is 52.7 Å². The molecule has 122 valence electrons.